The molecule has 1 heterocycles. The molecule has 0 saturated heterocycles. The Hall–Kier alpha value is -1.29. The topological polar surface area (TPSA) is 62.2 Å². The van der Waals surface area contributed by atoms with E-state index in [1.807, 2.05) is 18.2 Å². The van der Waals surface area contributed by atoms with Gasteiger partial charge in [0.15, 0.2) is 0 Å². The molecule has 1 aromatic heterocycles. The second kappa shape index (κ2) is 6.45. The van der Waals surface area contributed by atoms with E-state index in [0.717, 1.165) is 31.5 Å². The maximum absolute atomic E-state index is 10.8. The van der Waals surface area contributed by atoms with E-state index in [9.17, 15) is 4.79 Å². The van der Waals surface area contributed by atoms with Gasteiger partial charge in [0, 0.05) is 12.2 Å². The fourth-order valence-electron chi connectivity index (χ4n) is 2.14. The van der Waals surface area contributed by atoms with E-state index >= 15 is 0 Å². The molecule has 5 heteroatoms. The van der Waals surface area contributed by atoms with Gasteiger partial charge in [-0.2, -0.15) is 0 Å². The summed E-state index contributed by atoms with van der Waals surface area (Å²) in [6, 6.07) is 6.12. The van der Waals surface area contributed by atoms with Crippen LogP contribution in [0, 0.1) is 5.92 Å². The van der Waals surface area contributed by atoms with Crippen molar-refractivity contribution in [2.75, 3.05) is 5.32 Å². The molecule has 0 aromatic carbocycles. The number of nitrogens with zero attached hydrogens (tertiary/aromatic N) is 1. The molecule has 0 aliphatic heterocycles. The highest BCUT2D eigenvalue weighted by Crippen LogP contribution is 2.26. The van der Waals surface area contributed by atoms with Crippen molar-refractivity contribution in [3.63, 3.8) is 0 Å². The van der Waals surface area contributed by atoms with Gasteiger partial charge in [-0.05, 0) is 37.8 Å². The highest BCUT2D eigenvalue weighted by Gasteiger charge is 2.25. The Bertz CT molecular complexity index is 351. The first-order chi connectivity index (χ1) is 7.75. The lowest BCUT2D eigenvalue weighted by atomic mass is 9.86. The van der Waals surface area contributed by atoms with Crippen LogP contribution in [0.2, 0.25) is 0 Å². The van der Waals surface area contributed by atoms with Gasteiger partial charge in [0.25, 0.3) is 0 Å². The summed E-state index contributed by atoms with van der Waals surface area (Å²) < 4.78 is 0. The van der Waals surface area contributed by atoms with Crippen LogP contribution in [-0.2, 0) is 4.79 Å². The van der Waals surface area contributed by atoms with Crippen LogP contribution in [0.3, 0.4) is 0 Å². The SMILES string of the molecule is Cl.O=C(O)C1CCC(Nc2ccccn2)CC1. The Morgan fingerprint density at radius 3 is 2.53 bits per heavy atom. The Morgan fingerprint density at radius 2 is 2.00 bits per heavy atom. The van der Waals surface area contributed by atoms with Crippen molar-refractivity contribution in [3.05, 3.63) is 24.4 Å². The predicted molar refractivity (Wildman–Crippen MR) is 68.5 cm³/mol. The maximum atomic E-state index is 10.8. The van der Waals surface area contributed by atoms with Crippen LogP contribution in [0.1, 0.15) is 25.7 Å². The first-order valence-corrected chi connectivity index (χ1v) is 5.66. The number of aliphatic carboxylic acids is 1. The minimum Gasteiger partial charge on any atom is -0.481 e. The third-order valence-corrected chi connectivity index (χ3v) is 3.09. The van der Waals surface area contributed by atoms with Gasteiger partial charge < -0.3 is 10.4 Å². The van der Waals surface area contributed by atoms with Gasteiger partial charge >= 0.3 is 5.97 Å². The summed E-state index contributed by atoms with van der Waals surface area (Å²) in [5, 5.41) is 12.2. The van der Waals surface area contributed by atoms with Crippen molar-refractivity contribution < 1.29 is 9.90 Å². The van der Waals surface area contributed by atoms with E-state index in [-0.39, 0.29) is 18.3 Å². The molecule has 94 valence electrons. The molecular weight excluding hydrogens is 240 g/mol. The number of rotatable bonds is 3. The van der Waals surface area contributed by atoms with Gasteiger partial charge in [0.05, 0.1) is 5.92 Å². The molecule has 0 spiro atoms. The average Bonchev–Trinajstić information content (AvgIpc) is 2.31. The summed E-state index contributed by atoms with van der Waals surface area (Å²) in [6.45, 7) is 0. The minimum absolute atomic E-state index is 0. The highest BCUT2D eigenvalue weighted by atomic mass is 35.5. The zero-order valence-corrected chi connectivity index (χ0v) is 10.3. The van der Waals surface area contributed by atoms with Gasteiger partial charge in [-0.3, -0.25) is 4.79 Å². The second-order valence-corrected chi connectivity index (χ2v) is 4.25. The second-order valence-electron chi connectivity index (χ2n) is 4.25. The molecule has 1 aliphatic rings. The Kier molecular flexibility index (Phi) is 5.22. The summed E-state index contributed by atoms with van der Waals surface area (Å²) in [5.74, 6) is 0.0688. The first kappa shape index (κ1) is 13.8. The number of hydrogen-bond donors (Lipinski definition) is 2. The molecule has 0 radical (unpaired) electrons. The van der Waals surface area contributed by atoms with Crippen molar-refractivity contribution >= 4 is 24.2 Å². The summed E-state index contributed by atoms with van der Waals surface area (Å²) in [4.78, 5) is 15.0. The van der Waals surface area contributed by atoms with Gasteiger partial charge in [0.2, 0.25) is 0 Å². The van der Waals surface area contributed by atoms with Crippen molar-refractivity contribution in [2.45, 2.75) is 31.7 Å². The van der Waals surface area contributed by atoms with Crippen LogP contribution >= 0.6 is 12.4 Å². The summed E-state index contributed by atoms with van der Waals surface area (Å²) in [5.41, 5.74) is 0. The van der Waals surface area contributed by atoms with E-state index in [0.29, 0.717) is 6.04 Å². The molecule has 0 unspecified atom stereocenters. The van der Waals surface area contributed by atoms with E-state index < -0.39 is 5.97 Å². The monoisotopic (exact) mass is 256 g/mol. The zero-order chi connectivity index (χ0) is 11.4. The largest absolute Gasteiger partial charge is 0.481 e. The van der Waals surface area contributed by atoms with Crippen LogP contribution in [0.5, 0.6) is 0 Å². The molecular formula is C12H17ClN2O2. The Morgan fingerprint density at radius 1 is 1.29 bits per heavy atom. The van der Waals surface area contributed by atoms with Crippen molar-refractivity contribution in [3.8, 4) is 0 Å². The number of halogens is 1. The fraction of sp³-hybridized carbons (Fsp3) is 0.500. The van der Waals surface area contributed by atoms with Crippen molar-refractivity contribution in [2.24, 2.45) is 5.92 Å². The molecule has 0 bridgehead atoms. The zero-order valence-electron chi connectivity index (χ0n) is 9.50. The third-order valence-electron chi connectivity index (χ3n) is 3.09. The van der Waals surface area contributed by atoms with Gasteiger partial charge in [-0.25, -0.2) is 4.98 Å². The summed E-state index contributed by atoms with van der Waals surface area (Å²) >= 11 is 0. The number of carboxylic acid groups (broad SMARTS) is 1. The molecule has 1 aliphatic carbocycles. The summed E-state index contributed by atoms with van der Waals surface area (Å²) in [7, 11) is 0. The Labute approximate surface area is 107 Å². The molecule has 1 saturated carbocycles. The number of pyridine rings is 1. The molecule has 1 aromatic rings. The van der Waals surface area contributed by atoms with Crippen LogP contribution in [0.25, 0.3) is 0 Å². The number of hydrogen-bond acceptors (Lipinski definition) is 3. The lowest BCUT2D eigenvalue weighted by Gasteiger charge is -2.27. The van der Waals surface area contributed by atoms with Crippen LogP contribution < -0.4 is 5.32 Å². The molecule has 0 atom stereocenters. The number of carbonyl (C=O) groups is 1. The standard InChI is InChI=1S/C12H16N2O2.ClH/c15-12(16)9-4-6-10(7-5-9)14-11-3-1-2-8-13-11;/h1-3,8-10H,4-7H2,(H,13,14)(H,15,16);1H. The number of nitrogens with one attached hydrogen (secondary N) is 1. The quantitative estimate of drug-likeness (QED) is 0.873. The lowest BCUT2D eigenvalue weighted by Crippen LogP contribution is -2.29. The number of aromatic nitrogens is 1. The molecule has 2 rings (SSSR count). The minimum atomic E-state index is -0.656. The normalized spacial score (nSPS) is 23.5. The van der Waals surface area contributed by atoms with Gasteiger partial charge in [-0.15, -0.1) is 12.4 Å². The number of carboxylic acids is 1. The van der Waals surface area contributed by atoms with Crippen LogP contribution in [0.15, 0.2) is 24.4 Å². The van der Waals surface area contributed by atoms with Crippen molar-refractivity contribution in [1.82, 2.24) is 4.98 Å². The van der Waals surface area contributed by atoms with E-state index in [4.69, 9.17) is 5.11 Å². The smallest absolute Gasteiger partial charge is 0.306 e. The Balaban J connectivity index is 0.00000144. The average molecular weight is 257 g/mol. The molecule has 4 nitrogen and oxygen atoms in total. The van der Waals surface area contributed by atoms with E-state index in [2.05, 4.69) is 10.3 Å². The highest BCUT2D eigenvalue weighted by molar-refractivity contribution is 5.85. The van der Waals surface area contributed by atoms with Crippen LogP contribution in [0.4, 0.5) is 5.82 Å². The predicted octanol–water partition coefficient (Wildman–Crippen LogP) is 2.56. The molecule has 2 N–H and O–H groups in total. The van der Waals surface area contributed by atoms with E-state index in [1.54, 1.807) is 6.20 Å². The summed E-state index contributed by atoms with van der Waals surface area (Å²) in [6.07, 6.45) is 5.10. The van der Waals surface area contributed by atoms with Crippen LogP contribution in [-0.4, -0.2) is 22.1 Å². The number of anilines is 1. The van der Waals surface area contributed by atoms with Gasteiger partial charge in [0.1, 0.15) is 5.82 Å². The molecule has 1 fully saturated rings. The van der Waals surface area contributed by atoms with Gasteiger partial charge in [-0.1, -0.05) is 6.07 Å². The van der Waals surface area contributed by atoms with E-state index in [1.165, 1.54) is 0 Å². The molecule has 17 heavy (non-hydrogen) atoms. The first-order valence-electron chi connectivity index (χ1n) is 5.66. The lowest BCUT2D eigenvalue weighted by molar-refractivity contribution is -0.142. The third kappa shape index (κ3) is 3.89. The van der Waals surface area contributed by atoms with Crippen molar-refractivity contribution in [1.29, 1.82) is 0 Å². The molecule has 0 amide bonds. The fourth-order valence-corrected chi connectivity index (χ4v) is 2.14. The maximum Gasteiger partial charge on any atom is 0.306 e.